The van der Waals surface area contributed by atoms with Gasteiger partial charge in [0.25, 0.3) is 11.8 Å². The number of carbonyl (C=O) groups is 2. The van der Waals surface area contributed by atoms with Crippen molar-refractivity contribution >= 4 is 23.0 Å². The number of fused-ring (bicyclic) bond motifs is 1. The molecule has 4 aromatic heterocycles. The topological polar surface area (TPSA) is 162 Å². The Morgan fingerprint density at radius 2 is 1.77 bits per heavy atom. The van der Waals surface area contributed by atoms with Crippen molar-refractivity contribution in [3.63, 3.8) is 0 Å². The zero-order chi connectivity index (χ0) is 32.9. The average molecular weight is 644 g/mol. The summed E-state index contributed by atoms with van der Waals surface area (Å²) in [4.78, 5) is 43.0. The maximum absolute atomic E-state index is 13.2. The number of ether oxygens (including phenoxy) is 2. The number of carbonyl (C=O) groups excluding carboxylic acids is 2. The molecule has 5 heterocycles. The zero-order valence-corrected chi connectivity index (χ0v) is 26.2. The number of H-pyrrole nitrogens is 1. The van der Waals surface area contributed by atoms with E-state index in [2.05, 4.69) is 40.9 Å². The predicted octanol–water partition coefficient (Wildman–Crippen LogP) is 4.36. The van der Waals surface area contributed by atoms with E-state index in [1.54, 1.807) is 42.4 Å². The van der Waals surface area contributed by atoms with Crippen LogP contribution >= 0.6 is 0 Å². The number of nitrogens with zero attached hydrogens (tertiary/aromatic N) is 6. The van der Waals surface area contributed by atoms with Crippen molar-refractivity contribution < 1.29 is 19.1 Å². The number of nitrogens with one attached hydrogen (secondary N) is 3. The number of aromatic amines is 1. The van der Waals surface area contributed by atoms with Gasteiger partial charge in [0.05, 0.1) is 42.3 Å². The van der Waals surface area contributed by atoms with Gasteiger partial charge in [-0.15, -0.1) is 5.10 Å². The third-order valence-corrected chi connectivity index (χ3v) is 8.23. The molecule has 1 aliphatic heterocycles. The number of aromatic nitrogens is 7. The maximum Gasteiger partial charge on any atom is 0.270 e. The molecular formula is C35H33N9O4. The fourth-order valence-corrected chi connectivity index (χ4v) is 5.62. The normalized spacial score (nSPS) is 13.4. The fourth-order valence-electron chi connectivity index (χ4n) is 5.62. The lowest BCUT2D eigenvalue weighted by molar-refractivity contribution is 0.0838. The molecule has 1 saturated heterocycles. The lowest BCUT2D eigenvalue weighted by Gasteiger charge is -2.19. The van der Waals surface area contributed by atoms with Gasteiger partial charge in [0.2, 0.25) is 0 Å². The smallest absolute Gasteiger partial charge is 0.270 e. The molecular weight excluding hydrogens is 610 g/mol. The van der Waals surface area contributed by atoms with Crippen molar-refractivity contribution in [3.8, 4) is 22.7 Å². The van der Waals surface area contributed by atoms with Crippen LogP contribution in [0.1, 0.15) is 56.7 Å². The molecule has 0 aliphatic carbocycles. The third-order valence-electron chi connectivity index (χ3n) is 8.23. The Balaban J connectivity index is 0.966. The summed E-state index contributed by atoms with van der Waals surface area (Å²) < 4.78 is 12.3. The van der Waals surface area contributed by atoms with E-state index in [1.807, 2.05) is 54.6 Å². The first-order valence-electron chi connectivity index (χ1n) is 15.6. The number of amides is 2. The van der Waals surface area contributed by atoms with E-state index in [1.165, 1.54) is 0 Å². The zero-order valence-electron chi connectivity index (χ0n) is 26.2. The van der Waals surface area contributed by atoms with Crippen molar-refractivity contribution in [2.24, 2.45) is 0 Å². The van der Waals surface area contributed by atoms with Crippen LogP contribution in [0.4, 0.5) is 0 Å². The molecule has 13 nitrogen and oxygen atoms in total. The maximum atomic E-state index is 13.2. The monoisotopic (exact) mass is 643 g/mol. The molecule has 2 amide bonds. The number of hydrogen-bond acceptors (Lipinski definition) is 9. The second-order valence-electron chi connectivity index (χ2n) is 11.4. The van der Waals surface area contributed by atoms with E-state index in [9.17, 15) is 9.59 Å². The molecule has 48 heavy (non-hydrogen) atoms. The number of rotatable bonds is 10. The van der Waals surface area contributed by atoms with Gasteiger partial charge in [0, 0.05) is 37.4 Å². The Kier molecular flexibility index (Phi) is 8.83. The van der Waals surface area contributed by atoms with Gasteiger partial charge in [0.15, 0.2) is 5.65 Å². The van der Waals surface area contributed by atoms with Gasteiger partial charge in [-0.05, 0) is 73.0 Å². The van der Waals surface area contributed by atoms with Crippen molar-refractivity contribution in [1.29, 1.82) is 0 Å². The molecule has 0 saturated carbocycles. The molecule has 6 aromatic rings. The van der Waals surface area contributed by atoms with Crippen LogP contribution in [-0.4, -0.2) is 67.1 Å². The molecule has 0 unspecified atom stereocenters. The Bertz CT molecular complexity index is 2070. The second kappa shape index (κ2) is 13.8. The highest BCUT2D eigenvalue weighted by atomic mass is 16.5. The summed E-state index contributed by atoms with van der Waals surface area (Å²) in [6.45, 7) is 1.88. The molecule has 242 valence electrons. The van der Waals surface area contributed by atoms with Gasteiger partial charge in [-0.25, -0.2) is 19.6 Å². The highest BCUT2D eigenvalue weighted by molar-refractivity contribution is 6.04. The minimum atomic E-state index is -0.320. The average Bonchev–Trinajstić information content (AvgIpc) is 3.81. The quantitative estimate of drug-likeness (QED) is 0.197. The number of hydrogen-bond donors (Lipinski definition) is 3. The van der Waals surface area contributed by atoms with Gasteiger partial charge in [-0.3, -0.25) is 9.59 Å². The summed E-state index contributed by atoms with van der Waals surface area (Å²) in [6, 6.07) is 22.1. The first kappa shape index (κ1) is 30.7. The second-order valence-corrected chi connectivity index (χ2v) is 11.4. The number of imidazole rings is 1. The summed E-state index contributed by atoms with van der Waals surface area (Å²) in [5.74, 6) is 1.31. The molecule has 2 aromatic carbocycles. The van der Waals surface area contributed by atoms with Crippen LogP contribution < -0.4 is 15.4 Å². The van der Waals surface area contributed by atoms with Gasteiger partial charge in [-0.2, -0.15) is 0 Å². The van der Waals surface area contributed by atoms with E-state index in [-0.39, 0.29) is 24.3 Å². The molecule has 1 aliphatic rings. The number of benzene rings is 2. The molecule has 7 rings (SSSR count). The van der Waals surface area contributed by atoms with Gasteiger partial charge >= 0.3 is 0 Å². The molecule has 0 atom stereocenters. The number of pyridine rings is 2. The Labute approximate surface area is 275 Å². The Morgan fingerprint density at radius 3 is 2.60 bits per heavy atom. The molecule has 1 fully saturated rings. The summed E-state index contributed by atoms with van der Waals surface area (Å²) in [5, 5.41) is 14.3. The molecule has 0 bridgehead atoms. The van der Waals surface area contributed by atoms with Crippen LogP contribution in [-0.2, 0) is 17.8 Å². The molecule has 0 spiro atoms. The third kappa shape index (κ3) is 6.76. The highest BCUT2D eigenvalue weighted by Crippen LogP contribution is 2.27. The van der Waals surface area contributed by atoms with Crippen LogP contribution in [0.3, 0.4) is 0 Å². The SMILES string of the molecule is COc1ccc(-c2cccc(C(=O)NCc3cn(-c4cccc(CNC(=O)c5ccnc6nc(C7CCOCC7)[nH]c56)c4)nn3)n2)cc1. The van der Waals surface area contributed by atoms with Crippen LogP contribution in [0.2, 0.25) is 0 Å². The Hall–Kier alpha value is -5.95. The molecule has 3 N–H and O–H groups in total. The summed E-state index contributed by atoms with van der Waals surface area (Å²) in [6.07, 6.45) is 5.13. The first-order valence-corrected chi connectivity index (χ1v) is 15.6. The van der Waals surface area contributed by atoms with E-state index in [0.29, 0.717) is 53.6 Å². The fraction of sp³-hybridized carbons (Fsp3) is 0.229. The van der Waals surface area contributed by atoms with Gasteiger partial charge < -0.3 is 25.1 Å². The van der Waals surface area contributed by atoms with E-state index in [4.69, 9.17) is 9.47 Å². The summed E-state index contributed by atoms with van der Waals surface area (Å²) in [7, 11) is 1.61. The summed E-state index contributed by atoms with van der Waals surface area (Å²) >= 11 is 0. The van der Waals surface area contributed by atoms with Crippen molar-refractivity contribution in [2.75, 3.05) is 20.3 Å². The lowest BCUT2D eigenvalue weighted by atomic mass is 10.00. The molecule has 13 heteroatoms. The van der Waals surface area contributed by atoms with E-state index >= 15 is 0 Å². The largest absolute Gasteiger partial charge is 0.497 e. The van der Waals surface area contributed by atoms with Crippen molar-refractivity contribution in [1.82, 2.24) is 45.6 Å². The van der Waals surface area contributed by atoms with Crippen LogP contribution in [0.5, 0.6) is 5.75 Å². The first-order chi connectivity index (χ1) is 23.5. The van der Waals surface area contributed by atoms with Gasteiger partial charge in [0.1, 0.15) is 23.0 Å². The Morgan fingerprint density at radius 1 is 0.958 bits per heavy atom. The van der Waals surface area contributed by atoms with E-state index < -0.39 is 0 Å². The number of methoxy groups -OCH3 is 1. The van der Waals surface area contributed by atoms with Crippen LogP contribution in [0, 0.1) is 0 Å². The summed E-state index contributed by atoms with van der Waals surface area (Å²) in [5.41, 5.74) is 5.74. The lowest BCUT2D eigenvalue weighted by Crippen LogP contribution is -2.24. The van der Waals surface area contributed by atoms with Crippen molar-refractivity contribution in [2.45, 2.75) is 31.8 Å². The highest BCUT2D eigenvalue weighted by Gasteiger charge is 2.22. The van der Waals surface area contributed by atoms with Gasteiger partial charge in [-0.1, -0.05) is 23.4 Å². The van der Waals surface area contributed by atoms with E-state index in [0.717, 1.165) is 41.2 Å². The van der Waals surface area contributed by atoms with Crippen LogP contribution in [0.15, 0.2) is 85.2 Å². The molecule has 0 radical (unpaired) electrons. The minimum Gasteiger partial charge on any atom is -0.497 e. The minimum absolute atomic E-state index is 0.174. The standard InChI is InChI=1S/C35H33N9O4/c1-47-27-10-8-23(9-11-27)29-6-3-7-30(39-29)35(46)38-20-25-21-44(43-42-25)26-5-2-4-22(18-26)19-37-34(45)28-12-15-36-33-31(28)40-32(41-33)24-13-16-48-17-14-24/h2-12,15,18,21,24H,13-14,16-17,19-20H2,1H3,(H,37,45)(H,38,46)(H,36,40,41). The predicted molar refractivity (Wildman–Crippen MR) is 177 cm³/mol. The van der Waals surface area contributed by atoms with Crippen LogP contribution in [0.25, 0.3) is 28.1 Å². The van der Waals surface area contributed by atoms with Crippen molar-refractivity contribution in [3.05, 3.63) is 114 Å².